The molecule has 9 heteroatoms. The van der Waals surface area contributed by atoms with Gasteiger partial charge in [-0.05, 0) is 40.3 Å². The molecule has 0 N–H and O–H groups in total. The van der Waals surface area contributed by atoms with E-state index in [0.717, 1.165) is 22.2 Å². The summed E-state index contributed by atoms with van der Waals surface area (Å²) in [4.78, 5) is 16.0. The van der Waals surface area contributed by atoms with Gasteiger partial charge in [0.1, 0.15) is 12.4 Å². The number of aromatic nitrogens is 5. The van der Waals surface area contributed by atoms with Gasteiger partial charge in [0.2, 0.25) is 0 Å². The Bertz CT molecular complexity index is 1450. The maximum absolute atomic E-state index is 11.4. The number of tetrazole rings is 1. The standard InChI is InChI=1S/C25H19N5O3.Na/c31-25(32)22-10-3-1-7-19(22)15-30-24(27-28-29-30)18-8-5-9-21(14-18)33-16-20-13-12-17-6-2-4-11-23(17)26-20;/h1-14H,15-16H2,(H,31,32);/q;+1/p-1. The number of carbonyl (C=O) groups excluding carboxylic acids is 1. The molecule has 0 aliphatic carbocycles. The number of para-hydroxylation sites is 1. The topological polar surface area (TPSA) is 106 Å². The molecule has 0 radical (unpaired) electrons. The van der Waals surface area contributed by atoms with Crippen LogP contribution in [0.5, 0.6) is 5.75 Å². The average Bonchev–Trinajstić information content (AvgIpc) is 3.31. The van der Waals surface area contributed by atoms with Crippen molar-refractivity contribution in [2.24, 2.45) is 0 Å². The Balaban J connectivity index is 0.00000274. The molecule has 5 aromatic rings. The Hall–Kier alpha value is -3.59. The van der Waals surface area contributed by atoms with E-state index in [9.17, 15) is 9.90 Å². The quantitative estimate of drug-likeness (QED) is 0.313. The summed E-state index contributed by atoms with van der Waals surface area (Å²) in [6.07, 6.45) is 0. The number of fused-ring (bicyclic) bond motifs is 1. The minimum absolute atomic E-state index is 0. The van der Waals surface area contributed by atoms with Gasteiger partial charge in [-0.3, -0.25) is 0 Å². The monoisotopic (exact) mass is 459 g/mol. The van der Waals surface area contributed by atoms with Crippen LogP contribution in [0.25, 0.3) is 22.3 Å². The Morgan fingerprint density at radius 3 is 2.65 bits per heavy atom. The first-order valence-electron chi connectivity index (χ1n) is 10.3. The van der Waals surface area contributed by atoms with Crippen molar-refractivity contribution in [3.05, 3.63) is 102 Å². The molecule has 0 fully saturated rings. The van der Waals surface area contributed by atoms with Crippen LogP contribution in [0.1, 0.15) is 21.6 Å². The van der Waals surface area contributed by atoms with E-state index in [1.165, 1.54) is 6.07 Å². The van der Waals surface area contributed by atoms with E-state index in [1.54, 1.807) is 22.9 Å². The fraction of sp³-hybridized carbons (Fsp3) is 0.0800. The smallest absolute Gasteiger partial charge is 0.545 e. The molecule has 2 heterocycles. The van der Waals surface area contributed by atoms with E-state index in [2.05, 4.69) is 20.5 Å². The Morgan fingerprint density at radius 1 is 0.941 bits per heavy atom. The van der Waals surface area contributed by atoms with Crippen LogP contribution in [-0.2, 0) is 13.2 Å². The van der Waals surface area contributed by atoms with Gasteiger partial charge in [0.15, 0.2) is 5.82 Å². The van der Waals surface area contributed by atoms with Crippen LogP contribution >= 0.6 is 0 Å². The summed E-state index contributed by atoms with van der Waals surface area (Å²) in [6, 6.07) is 26.0. The number of carboxylic acid groups (broad SMARTS) is 1. The molecule has 0 saturated carbocycles. The van der Waals surface area contributed by atoms with Crippen molar-refractivity contribution in [1.82, 2.24) is 25.2 Å². The molecule has 0 aliphatic heterocycles. The van der Waals surface area contributed by atoms with E-state index in [1.807, 2.05) is 60.7 Å². The minimum Gasteiger partial charge on any atom is -0.545 e. The van der Waals surface area contributed by atoms with Gasteiger partial charge in [0, 0.05) is 16.5 Å². The van der Waals surface area contributed by atoms with Crippen LogP contribution < -0.4 is 39.4 Å². The van der Waals surface area contributed by atoms with Gasteiger partial charge >= 0.3 is 29.6 Å². The maximum atomic E-state index is 11.4. The number of carbonyl (C=O) groups is 1. The van der Waals surface area contributed by atoms with Crippen molar-refractivity contribution in [2.75, 3.05) is 0 Å². The van der Waals surface area contributed by atoms with Gasteiger partial charge in [-0.2, -0.15) is 0 Å². The number of hydrogen-bond acceptors (Lipinski definition) is 7. The molecule has 0 spiro atoms. The van der Waals surface area contributed by atoms with Gasteiger partial charge in [-0.25, -0.2) is 9.67 Å². The number of pyridine rings is 1. The molecular weight excluding hydrogens is 441 g/mol. The third-order valence-corrected chi connectivity index (χ3v) is 5.22. The third kappa shape index (κ3) is 5.14. The van der Waals surface area contributed by atoms with Crippen molar-refractivity contribution >= 4 is 16.9 Å². The summed E-state index contributed by atoms with van der Waals surface area (Å²) in [5.41, 5.74) is 3.15. The predicted octanol–water partition coefficient (Wildman–Crippen LogP) is -0.117. The van der Waals surface area contributed by atoms with Crippen LogP contribution in [0.4, 0.5) is 0 Å². The van der Waals surface area contributed by atoms with Crippen molar-refractivity contribution in [1.29, 1.82) is 0 Å². The number of benzene rings is 3. The van der Waals surface area contributed by atoms with E-state index in [4.69, 9.17) is 4.74 Å². The van der Waals surface area contributed by atoms with Crippen LogP contribution in [0, 0.1) is 0 Å². The van der Waals surface area contributed by atoms with Crippen molar-refractivity contribution in [3.8, 4) is 17.1 Å². The number of aromatic carboxylic acids is 1. The fourth-order valence-corrected chi connectivity index (χ4v) is 3.61. The van der Waals surface area contributed by atoms with Crippen LogP contribution in [0.15, 0.2) is 84.9 Å². The summed E-state index contributed by atoms with van der Waals surface area (Å²) >= 11 is 0. The molecular formula is C25H18N5NaO3. The van der Waals surface area contributed by atoms with Crippen molar-refractivity contribution < 1.29 is 44.2 Å². The molecule has 0 bridgehead atoms. The average molecular weight is 459 g/mol. The number of nitrogens with zero attached hydrogens (tertiary/aromatic N) is 5. The number of rotatable bonds is 7. The second kappa shape index (κ2) is 10.6. The normalized spacial score (nSPS) is 10.6. The molecule has 0 amide bonds. The summed E-state index contributed by atoms with van der Waals surface area (Å²) < 4.78 is 7.51. The fourth-order valence-electron chi connectivity index (χ4n) is 3.61. The zero-order valence-electron chi connectivity index (χ0n) is 18.5. The van der Waals surface area contributed by atoms with E-state index in [0.29, 0.717) is 23.7 Å². The first-order chi connectivity index (χ1) is 16.2. The first-order valence-corrected chi connectivity index (χ1v) is 10.3. The Kier molecular flexibility index (Phi) is 7.32. The summed E-state index contributed by atoms with van der Waals surface area (Å²) in [5.74, 6) is -0.0949. The second-order valence-electron chi connectivity index (χ2n) is 7.42. The summed E-state index contributed by atoms with van der Waals surface area (Å²) in [5, 5.41) is 24.4. The largest absolute Gasteiger partial charge is 1.00 e. The third-order valence-electron chi connectivity index (χ3n) is 5.22. The molecule has 2 aromatic heterocycles. The molecule has 3 aromatic carbocycles. The molecule has 34 heavy (non-hydrogen) atoms. The van der Waals surface area contributed by atoms with Crippen LogP contribution in [-0.4, -0.2) is 31.2 Å². The van der Waals surface area contributed by atoms with Gasteiger partial charge in [-0.15, -0.1) is 5.10 Å². The van der Waals surface area contributed by atoms with Gasteiger partial charge in [0.25, 0.3) is 0 Å². The van der Waals surface area contributed by atoms with E-state index < -0.39 is 5.97 Å². The number of ether oxygens (including phenoxy) is 1. The van der Waals surface area contributed by atoms with Gasteiger partial charge < -0.3 is 14.6 Å². The maximum Gasteiger partial charge on any atom is 1.00 e. The molecule has 8 nitrogen and oxygen atoms in total. The summed E-state index contributed by atoms with van der Waals surface area (Å²) in [7, 11) is 0. The molecule has 162 valence electrons. The minimum atomic E-state index is -1.24. The van der Waals surface area contributed by atoms with Crippen LogP contribution in [0.2, 0.25) is 0 Å². The van der Waals surface area contributed by atoms with Crippen molar-refractivity contribution in [2.45, 2.75) is 13.2 Å². The van der Waals surface area contributed by atoms with Crippen LogP contribution in [0.3, 0.4) is 0 Å². The Labute approximate surface area is 217 Å². The SMILES string of the molecule is O=C([O-])c1ccccc1Cn1nnnc1-c1cccc(OCc2ccc3ccccc3n2)c1.[Na+]. The molecule has 5 rings (SSSR count). The molecule has 0 unspecified atom stereocenters. The summed E-state index contributed by atoms with van der Waals surface area (Å²) in [6.45, 7) is 0.511. The predicted molar refractivity (Wildman–Crippen MR) is 119 cm³/mol. The van der Waals surface area contributed by atoms with E-state index in [-0.39, 0.29) is 41.7 Å². The van der Waals surface area contributed by atoms with Crippen molar-refractivity contribution in [3.63, 3.8) is 0 Å². The second-order valence-corrected chi connectivity index (χ2v) is 7.42. The number of hydrogen-bond donors (Lipinski definition) is 0. The van der Waals surface area contributed by atoms with Gasteiger partial charge in [0.05, 0.1) is 23.7 Å². The first kappa shape index (κ1) is 23.6. The van der Waals surface area contributed by atoms with E-state index >= 15 is 0 Å². The number of carboxylic acids is 1. The zero-order valence-corrected chi connectivity index (χ0v) is 20.5. The van der Waals surface area contributed by atoms with Gasteiger partial charge in [-0.1, -0.05) is 60.7 Å². The molecule has 0 atom stereocenters. The molecule has 0 aliphatic rings. The molecule has 0 saturated heterocycles. The zero-order chi connectivity index (χ0) is 22.6. The Morgan fingerprint density at radius 2 is 1.76 bits per heavy atom.